The number of hydrogen-bond donors (Lipinski definition) is 0. The van der Waals surface area contributed by atoms with E-state index in [2.05, 4.69) is 0 Å². The summed E-state index contributed by atoms with van der Waals surface area (Å²) in [6, 6.07) is 16.6. The molecule has 2 aromatic carbocycles. The van der Waals surface area contributed by atoms with Crippen molar-refractivity contribution >= 4 is 45.5 Å². The number of nitrogens with zero attached hydrogens (tertiary/aromatic N) is 3. The molecule has 5 nitrogen and oxygen atoms in total. The third-order valence-corrected chi connectivity index (χ3v) is 4.36. The fraction of sp³-hybridized carbons (Fsp3) is 0.118. The van der Waals surface area contributed by atoms with E-state index in [-0.39, 0.29) is 22.7 Å². The van der Waals surface area contributed by atoms with Crippen LogP contribution < -0.4 is 4.90 Å². The second-order valence-electron chi connectivity index (χ2n) is 4.89. The van der Waals surface area contributed by atoms with Crippen LogP contribution >= 0.6 is 28.3 Å². The average Bonchev–Trinajstić information content (AvgIpc) is 3.06. The minimum atomic E-state index is -0.392. The lowest BCUT2D eigenvalue weighted by molar-refractivity contribution is -0.384. The molecule has 7 heteroatoms. The first-order valence-corrected chi connectivity index (χ1v) is 8.10. The third-order valence-electron chi connectivity index (χ3n) is 3.48. The van der Waals surface area contributed by atoms with Gasteiger partial charge in [0.05, 0.1) is 4.92 Å². The Morgan fingerprint density at radius 1 is 1.12 bits per heavy atom. The smallest absolute Gasteiger partial charge is 0.269 e. The Kier molecular flexibility index (Phi) is 6.05. The summed E-state index contributed by atoms with van der Waals surface area (Å²) >= 11 is 1.59. The molecule has 0 fully saturated rings. The van der Waals surface area contributed by atoms with Gasteiger partial charge in [-0.3, -0.25) is 10.1 Å². The molecule has 0 aliphatic carbocycles. The fourth-order valence-corrected chi connectivity index (χ4v) is 3.15. The number of nitro benzene ring substituents is 1. The largest absolute Gasteiger partial charge is 0.326 e. The first-order chi connectivity index (χ1) is 11.2. The first-order valence-electron chi connectivity index (χ1n) is 7.22. The molecule has 0 saturated carbocycles. The Morgan fingerprint density at radius 2 is 1.79 bits per heavy atom. The molecule has 0 N–H and O–H groups in total. The first kappa shape index (κ1) is 18.1. The number of non-ortho nitro benzene ring substituents is 1. The molecule has 0 aliphatic rings. The van der Waals surface area contributed by atoms with Gasteiger partial charge in [-0.05, 0) is 19.1 Å². The summed E-state index contributed by atoms with van der Waals surface area (Å²) in [5.41, 5.74) is 2.07. The van der Waals surface area contributed by atoms with Gasteiger partial charge in [-0.15, -0.1) is 28.3 Å². The maximum absolute atomic E-state index is 10.8. The van der Waals surface area contributed by atoms with E-state index >= 15 is 0 Å². The van der Waals surface area contributed by atoms with Crippen molar-refractivity contribution < 1.29 is 4.92 Å². The minimum absolute atomic E-state index is 0. The second kappa shape index (κ2) is 8.03. The van der Waals surface area contributed by atoms with Crippen LogP contribution in [0.25, 0.3) is 10.6 Å². The molecule has 1 heterocycles. The number of hydrogen-bond acceptors (Lipinski definition) is 5. The Hall–Kier alpha value is -2.25. The van der Waals surface area contributed by atoms with Crippen molar-refractivity contribution in [2.45, 2.75) is 6.92 Å². The van der Waals surface area contributed by atoms with Crippen LogP contribution in [0.1, 0.15) is 6.92 Å². The van der Waals surface area contributed by atoms with Gasteiger partial charge >= 0.3 is 0 Å². The molecule has 24 heavy (non-hydrogen) atoms. The molecule has 0 radical (unpaired) electrons. The number of nitro groups is 1. The van der Waals surface area contributed by atoms with E-state index in [1.807, 2.05) is 47.5 Å². The monoisotopic (exact) mass is 405 g/mol. The topological polar surface area (TPSA) is 59.3 Å². The van der Waals surface area contributed by atoms with Crippen molar-refractivity contribution in [1.82, 2.24) is 4.98 Å². The van der Waals surface area contributed by atoms with Crippen molar-refractivity contribution in [1.29, 1.82) is 0 Å². The van der Waals surface area contributed by atoms with Crippen molar-refractivity contribution in [3.8, 4) is 10.6 Å². The van der Waals surface area contributed by atoms with Crippen LogP contribution in [-0.4, -0.2) is 16.5 Å². The number of anilines is 2. The van der Waals surface area contributed by atoms with Crippen molar-refractivity contribution in [3.63, 3.8) is 0 Å². The van der Waals surface area contributed by atoms with E-state index in [1.165, 1.54) is 12.1 Å². The molecule has 3 rings (SSSR count). The van der Waals surface area contributed by atoms with E-state index in [0.717, 1.165) is 28.6 Å². The quantitative estimate of drug-likeness (QED) is 0.417. The molecule has 0 bridgehead atoms. The molecular formula is C17H16BrN3O2S. The molecule has 0 aliphatic heterocycles. The number of halogens is 1. The normalized spacial score (nSPS) is 10.0. The molecule has 0 spiro atoms. The van der Waals surface area contributed by atoms with Crippen LogP contribution in [0.3, 0.4) is 0 Å². The lowest BCUT2D eigenvalue weighted by Crippen LogP contribution is -2.16. The van der Waals surface area contributed by atoms with Crippen molar-refractivity contribution in [3.05, 3.63) is 70.1 Å². The molecule has 3 aromatic rings. The molecule has 0 amide bonds. The highest BCUT2D eigenvalue weighted by Crippen LogP contribution is 2.31. The van der Waals surface area contributed by atoms with Crippen LogP contribution in [-0.2, 0) is 0 Å². The Morgan fingerprint density at radius 3 is 2.38 bits per heavy atom. The summed E-state index contributed by atoms with van der Waals surface area (Å²) in [5, 5.41) is 13.7. The lowest BCUT2D eigenvalue weighted by atomic mass is 10.2. The average molecular weight is 406 g/mol. The van der Waals surface area contributed by atoms with E-state index in [4.69, 9.17) is 4.98 Å². The zero-order valence-corrected chi connectivity index (χ0v) is 15.5. The summed E-state index contributed by atoms with van der Waals surface area (Å²) < 4.78 is 0. The predicted octanol–water partition coefficient (Wildman–Crippen LogP) is 5.45. The maximum atomic E-state index is 10.8. The highest BCUT2D eigenvalue weighted by molar-refractivity contribution is 8.93. The van der Waals surface area contributed by atoms with Crippen LogP contribution in [0.4, 0.5) is 17.2 Å². The molecule has 0 unspecified atom stereocenters. The van der Waals surface area contributed by atoms with Crippen LogP contribution in [0.2, 0.25) is 0 Å². The SMILES string of the molecule is Br.CCN(c1ccc([N+](=O)[O-])cc1)c1csc(-c2ccccc2)n1. The number of aromatic nitrogens is 1. The summed E-state index contributed by atoms with van der Waals surface area (Å²) in [6.45, 7) is 2.76. The number of thiazole rings is 1. The van der Waals surface area contributed by atoms with Gasteiger partial charge in [-0.25, -0.2) is 4.98 Å². The predicted molar refractivity (Wildman–Crippen MR) is 104 cm³/mol. The molecule has 0 saturated heterocycles. The fourth-order valence-electron chi connectivity index (χ4n) is 2.33. The van der Waals surface area contributed by atoms with Crippen LogP contribution in [0.15, 0.2) is 60.0 Å². The van der Waals surface area contributed by atoms with Gasteiger partial charge in [0.25, 0.3) is 5.69 Å². The summed E-state index contributed by atoms with van der Waals surface area (Å²) in [7, 11) is 0. The summed E-state index contributed by atoms with van der Waals surface area (Å²) in [6.07, 6.45) is 0. The van der Waals surface area contributed by atoms with Gasteiger partial charge in [-0.2, -0.15) is 0 Å². The standard InChI is InChI=1S/C17H15N3O2S.BrH/c1-2-19(14-8-10-15(11-9-14)20(21)22)16-12-23-17(18-16)13-6-4-3-5-7-13;/h3-12H,2H2,1H3;1H. The van der Waals surface area contributed by atoms with Gasteiger partial charge in [0.1, 0.15) is 10.8 Å². The van der Waals surface area contributed by atoms with Crippen LogP contribution in [0.5, 0.6) is 0 Å². The van der Waals surface area contributed by atoms with Gasteiger partial charge < -0.3 is 4.90 Å². The highest BCUT2D eigenvalue weighted by Gasteiger charge is 2.13. The Bertz CT molecular complexity index is 806. The van der Waals surface area contributed by atoms with E-state index in [9.17, 15) is 10.1 Å². The summed E-state index contributed by atoms with van der Waals surface area (Å²) in [4.78, 5) is 17.1. The van der Waals surface area contributed by atoms with Gasteiger partial charge in [0, 0.05) is 35.3 Å². The molecule has 0 atom stereocenters. The van der Waals surface area contributed by atoms with Crippen LogP contribution in [0, 0.1) is 10.1 Å². The zero-order valence-electron chi connectivity index (χ0n) is 13.0. The van der Waals surface area contributed by atoms with Gasteiger partial charge in [0.2, 0.25) is 0 Å². The molecule has 1 aromatic heterocycles. The highest BCUT2D eigenvalue weighted by atomic mass is 79.9. The number of benzene rings is 2. The maximum Gasteiger partial charge on any atom is 0.269 e. The zero-order chi connectivity index (χ0) is 16.2. The number of rotatable bonds is 5. The van der Waals surface area contributed by atoms with Gasteiger partial charge in [-0.1, -0.05) is 30.3 Å². The lowest BCUT2D eigenvalue weighted by Gasteiger charge is -2.20. The van der Waals surface area contributed by atoms with Crippen molar-refractivity contribution in [2.24, 2.45) is 0 Å². The van der Waals surface area contributed by atoms with Gasteiger partial charge in [0.15, 0.2) is 0 Å². The van der Waals surface area contributed by atoms with E-state index in [1.54, 1.807) is 23.5 Å². The Labute approximate surface area is 154 Å². The molecule has 124 valence electrons. The Balaban J connectivity index is 0.00000208. The second-order valence-corrected chi connectivity index (χ2v) is 5.75. The third kappa shape index (κ3) is 3.80. The van der Waals surface area contributed by atoms with Crippen molar-refractivity contribution in [2.75, 3.05) is 11.4 Å². The minimum Gasteiger partial charge on any atom is -0.326 e. The molecular weight excluding hydrogens is 390 g/mol. The summed E-state index contributed by atoms with van der Waals surface area (Å²) in [5.74, 6) is 0.852. The van der Waals surface area contributed by atoms with E-state index in [0.29, 0.717) is 0 Å². The van der Waals surface area contributed by atoms with E-state index < -0.39 is 4.92 Å².